The van der Waals surface area contributed by atoms with Gasteiger partial charge in [-0.3, -0.25) is 5.41 Å². The van der Waals surface area contributed by atoms with E-state index in [1.54, 1.807) is 24.3 Å². The van der Waals surface area contributed by atoms with Crippen molar-refractivity contribution in [3.8, 4) is 0 Å². The third-order valence-corrected chi connectivity index (χ3v) is 2.85. The molecule has 2 aromatic carbocycles. The molecule has 0 radical (unpaired) electrons. The number of nitrogens with one attached hydrogen (secondary N) is 2. The van der Waals surface area contributed by atoms with Gasteiger partial charge < -0.3 is 22.5 Å². The highest BCUT2D eigenvalue weighted by atomic mass is 19.4. The Kier molecular flexibility index (Phi) is 7.22. The Bertz CT molecular complexity index is 669. The zero-order valence-corrected chi connectivity index (χ0v) is 12.9. The summed E-state index contributed by atoms with van der Waals surface area (Å²) in [5.41, 5.74) is 15.7. The van der Waals surface area contributed by atoms with Gasteiger partial charge in [-0.05, 0) is 30.3 Å². The number of nitrogen functional groups attached to an aromatic ring is 1. The summed E-state index contributed by atoms with van der Waals surface area (Å²) in [5.74, 6) is -0.153. The second kappa shape index (κ2) is 8.90. The SMILES string of the molecule is N=C(N)c1ccccc1Nc1cccc(C(F)(F)F)c1.NCCN. The molecular formula is C16H20F3N5. The van der Waals surface area contributed by atoms with Crippen molar-refractivity contribution in [2.24, 2.45) is 17.2 Å². The van der Waals surface area contributed by atoms with E-state index in [0.717, 1.165) is 12.1 Å². The van der Waals surface area contributed by atoms with Crippen LogP contribution >= 0.6 is 0 Å². The van der Waals surface area contributed by atoms with E-state index >= 15 is 0 Å². The monoisotopic (exact) mass is 339 g/mol. The fourth-order valence-corrected chi connectivity index (χ4v) is 1.76. The van der Waals surface area contributed by atoms with Gasteiger partial charge in [-0.2, -0.15) is 13.2 Å². The molecule has 0 spiro atoms. The minimum absolute atomic E-state index is 0.153. The Balaban J connectivity index is 0.000000648. The molecule has 0 atom stereocenters. The normalized spacial score (nSPS) is 10.5. The van der Waals surface area contributed by atoms with Gasteiger partial charge in [0.15, 0.2) is 0 Å². The molecule has 0 aromatic heterocycles. The van der Waals surface area contributed by atoms with Crippen molar-refractivity contribution in [2.75, 3.05) is 18.4 Å². The highest BCUT2D eigenvalue weighted by Gasteiger charge is 2.30. The van der Waals surface area contributed by atoms with Gasteiger partial charge >= 0.3 is 6.18 Å². The molecule has 8 N–H and O–H groups in total. The summed E-state index contributed by atoms with van der Waals surface area (Å²) in [6.45, 7) is 1.19. The van der Waals surface area contributed by atoms with Gasteiger partial charge in [0.25, 0.3) is 0 Å². The molecule has 0 bridgehead atoms. The molecule has 0 aliphatic carbocycles. The number of halogens is 3. The van der Waals surface area contributed by atoms with Crippen LogP contribution < -0.4 is 22.5 Å². The number of para-hydroxylation sites is 1. The maximum atomic E-state index is 12.6. The van der Waals surface area contributed by atoms with Crippen LogP contribution in [-0.2, 0) is 6.18 Å². The molecule has 0 saturated heterocycles. The van der Waals surface area contributed by atoms with Gasteiger partial charge in [0, 0.05) is 30.0 Å². The summed E-state index contributed by atoms with van der Waals surface area (Å²) in [7, 11) is 0. The van der Waals surface area contributed by atoms with E-state index in [4.69, 9.17) is 22.6 Å². The van der Waals surface area contributed by atoms with E-state index in [1.165, 1.54) is 12.1 Å². The largest absolute Gasteiger partial charge is 0.416 e. The molecule has 0 aliphatic heterocycles. The molecule has 24 heavy (non-hydrogen) atoms. The summed E-state index contributed by atoms with van der Waals surface area (Å²) in [4.78, 5) is 0. The van der Waals surface area contributed by atoms with Crippen molar-refractivity contribution in [1.29, 1.82) is 5.41 Å². The number of benzene rings is 2. The smallest absolute Gasteiger partial charge is 0.384 e. The first kappa shape index (κ1) is 19.5. The third-order valence-electron chi connectivity index (χ3n) is 2.85. The molecule has 0 saturated carbocycles. The zero-order chi connectivity index (χ0) is 18.2. The summed E-state index contributed by atoms with van der Waals surface area (Å²) in [6, 6.07) is 11.5. The van der Waals surface area contributed by atoms with Crippen LogP contribution in [0.4, 0.5) is 24.5 Å². The van der Waals surface area contributed by atoms with E-state index in [0.29, 0.717) is 24.3 Å². The highest BCUT2D eigenvalue weighted by Crippen LogP contribution is 2.31. The minimum atomic E-state index is -4.39. The average molecular weight is 339 g/mol. The summed E-state index contributed by atoms with van der Waals surface area (Å²) >= 11 is 0. The maximum Gasteiger partial charge on any atom is 0.416 e. The molecule has 0 amide bonds. The van der Waals surface area contributed by atoms with Crippen LogP contribution in [0, 0.1) is 5.41 Å². The fraction of sp³-hybridized carbons (Fsp3) is 0.188. The second-order valence-electron chi connectivity index (χ2n) is 4.74. The number of hydrogen-bond acceptors (Lipinski definition) is 4. The van der Waals surface area contributed by atoms with E-state index in [1.807, 2.05) is 0 Å². The molecule has 0 fully saturated rings. The number of amidine groups is 1. The van der Waals surface area contributed by atoms with Gasteiger partial charge in [0.1, 0.15) is 5.84 Å². The van der Waals surface area contributed by atoms with Gasteiger partial charge in [0.2, 0.25) is 0 Å². The van der Waals surface area contributed by atoms with Crippen molar-refractivity contribution in [3.63, 3.8) is 0 Å². The number of nitrogens with two attached hydrogens (primary N) is 3. The Labute approximate surface area is 138 Å². The number of hydrogen-bond donors (Lipinski definition) is 5. The average Bonchev–Trinajstić information content (AvgIpc) is 2.55. The molecular weight excluding hydrogens is 319 g/mol. The lowest BCUT2D eigenvalue weighted by atomic mass is 10.1. The Hall–Kier alpha value is -2.58. The molecule has 130 valence electrons. The van der Waals surface area contributed by atoms with Gasteiger partial charge in [0.05, 0.1) is 5.56 Å². The van der Waals surface area contributed by atoms with Gasteiger partial charge in [-0.25, -0.2) is 0 Å². The Morgan fingerprint density at radius 1 is 1.00 bits per heavy atom. The molecule has 5 nitrogen and oxygen atoms in total. The maximum absolute atomic E-state index is 12.6. The fourth-order valence-electron chi connectivity index (χ4n) is 1.76. The first-order valence-corrected chi connectivity index (χ1v) is 7.07. The van der Waals surface area contributed by atoms with Crippen LogP contribution in [0.25, 0.3) is 0 Å². The van der Waals surface area contributed by atoms with Gasteiger partial charge in [-0.15, -0.1) is 0 Å². The van der Waals surface area contributed by atoms with Gasteiger partial charge in [-0.1, -0.05) is 18.2 Å². The van der Waals surface area contributed by atoms with Crippen LogP contribution in [-0.4, -0.2) is 18.9 Å². The Morgan fingerprint density at radius 3 is 2.17 bits per heavy atom. The predicted octanol–water partition coefficient (Wildman–Crippen LogP) is 2.64. The third kappa shape index (κ3) is 5.90. The predicted molar refractivity (Wildman–Crippen MR) is 90.3 cm³/mol. The Morgan fingerprint density at radius 2 is 1.62 bits per heavy atom. The van der Waals surface area contributed by atoms with Crippen LogP contribution in [0.1, 0.15) is 11.1 Å². The molecule has 0 heterocycles. The van der Waals surface area contributed by atoms with Crippen LogP contribution in [0.5, 0.6) is 0 Å². The number of alkyl halides is 3. The van der Waals surface area contributed by atoms with Crippen molar-refractivity contribution < 1.29 is 13.2 Å². The molecule has 0 unspecified atom stereocenters. The lowest BCUT2D eigenvalue weighted by Gasteiger charge is -2.13. The van der Waals surface area contributed by atoms with Crippen LogP contribution in [0.15, 0.2) is 48.5 Å². The number of rotatable bonds is 4. The molecule has 2 aromatic rings. The lowest BCUT2D eigenvalue weighted by Crippen LogP contribution is -2.13. The minimum Gasteiger partial charge on any atom is -0.384 e. The quantitative estimate of drug-likeness (QED) is 0.435. The molecule has 8 heteroatoms. The summed E-state index contributed by atoms with van der Waals surface area (Å²) < 4.78 is 37.9. The first-order valence-electron chi connectivity index (χ1n) is 7.07. The van der Waals surface area contributed by atoms with E-state index in [2.05, 4.69) is 5.32 Å². The lowest BCUT2D eigenvalue weighted by molar-refractivity contribution is -0.137. The number of anilines is 2. The summed E-state index contributed by atoms with van der Waals surface area (Å²) in [5, 5.41) is 10.3. The van der Waals surface area contributed by atoms with Crippen molar-refractivity contribution >= 4 is 17.2 Å². The standard InChI is InChI=1S/C14H12F3N3.C2H8N2/c15-14(16,17)9-4-3-5-10(8-9)20-12-7-2-1-6-11(12)13(18)19;3-1-2-4/h1-8,20H,(H3,18,19);1-4H2. The van der Waals surface area contributed by atoms with E-state index < -0.39 is 11.7 Å². The van der Waals surface area contributed by atoms with Crippen molar-refractivity contribution in [3.05, 3.63) is 59.7 Å². The topological polar surface area (TPSA) is 114 Å². The van der Waals surface area contributed by atoms with E-state index in [9.17, 15) is 13.2 Å². The van der Waals surface area contributed by atoms with Crippen molar-refractivity contribution in [1.82, 2.24) is 0 Å². The van der Waals surface area contributed by atoms with Crippen molar-refractivity contribution in [2.45, 2.75) is 6.18 Å². The van der Waals surface area contributed by atoms with E-state index in [-0.39, 0.29) is 11.5 Å². The van der Waals surface area contributed by atoms with Crippen LogP contribution in [0.2, 0.25) is 0 Å². The second-order valence-corrected chi connectivity index (χ2v) is 4.74. The highest BCUT2D eigenvalue weighted by molar-refractivity contribution is 6.00. The van der Waals surface area contributed by atoms with Crippen LogP contribution in [0.3, 0.4) is 0 Å². The zero-order valence-electron chi connectivity index (χ0n) is 12.9. The summed E-state index contributed by atoms with van der Waals surface area (Å²) in [6.07, 6.45) is -4.39. The molecule has 0 aliphatic rings. The molecule has 2 rings (SSSR count). The first-order chi connectivity index (χ1) is 11.3.